The summed E-state index contributed by atoms with van der Waals surface area (Å²) in [6, 6.07) is 5.67. The molecule has 0 amide bonds. The highest BCUT2D eigenvalue weighted by Crippen LogP contribution is 2.19. The molecule has 16 heavy (non-hydrogen) atoms. The summed E-state index contributed by atoms with van der Waals surface area (Å²) in [5, 5.41) is 5.93. The third-order valence-corrected chi connectivity index (χ3v) is 3.16. The van der Waals surface area contributed by atoms with Crippen LogP contribution in [0.5, 0.6) is 0 Å². The Morgan fingerprint density at radius 1 is 1.38 bits per heavy atom. The maximum Gasteiger partial charge on any atom is 0.0795 e. The molecule has 1 heterocycles. The second-order valence-corrected chi connectivity index (χ2v) is 4.57. The van der Waals surface area contributed by atoms with Gasteiger partial charge in [-0.15, -0.1) is 11.3 Å². The van der Waals surface area contributed by atoms with E-state index in [0.29, 0.717) is 10.7 Å². The molecule has 0 aliphatic heterocycles. The first-order chi connectivity index (χ1) is 7.75. The van der Waals surface area contributed by atoms with Crippen LogP contribution in [-0.4, -0.2) is 4.98 Å². The molecule has 3 N–H and O–H groups in total. The van der Waals surface area contributed by atoms with Crippen LogP contribution in [0.15, 0.2) is 29.1 Å². The van der Waals surface area contributed by atoms with E-state index in [4.69, 9.17) is 17.3 Å². The predicted molar refractivity (Wildman–Crippen MR) is 68.5 cm³/mol. The molecule has 5 heteroatoms. The lowest BCUT2D eigenvalue weighted by Crippen LogP contribution is -2.12. The van der Waals surface area contributed by atoms with Crippen molar-refractivity contribution in [1.29, 1.82) is 0 Å². The molecule has 2 aromatic rings. The van der Waals surface area contributed by atoms with E-state index in [9.17, 15) is 0 Å². The molecule has 0 atom stereocenters. The third-order valence-electron chi connectivity index (χ3n) is 2.18. The van der Waals surface area contributed by atoms with Gasteiger partial charge in [-0.1, -0.05) is 17.7 Å². The first-order valence-corrected chi connectivity index (χ1v) is 6.19. The van der Waals surface area contributed by atoms with Gasteiger partial charge in [-0.3, -0.25) is 0 Å². The first kappa shape index (κ1) is 11.4. The second-order valence-electron chi connectivity index (χ2n) is 3.44. The van der Waals surface area contributed by atoms with Crippen LogP contribution in [0.3, 0.4) is 0 Å². The number of nitrogens with one attached hydrogen (secondary N) is 1. The topological polar surface area (TPSA) is 50.9 Å². The Morgan fingerprint density at radius 3 is 2.94 bits per heavy atom. The minimum atomic E-state index is 0.600. The number of rotatable bonds is 4. The standard InChI is InChI=1S/C11H12ClN3S/c12-10-2-1-8(3-11(10)13)4-14-5-9-6-16-7-15-9/h1-3,6-7,14H,4-5,13H2. The molecule has 1 aromatic heterocycles. The van der Waals surface area contributed by atoms with Crippen LogP contribution in [0.2, 0.25) is 5.02 Å². The molecule has 0 saturated carbocycles. The number of hydrogen-bond acceptors (Lipinski definition) is 4. The minimum absolute atomic E-state index is 0.600. The molecule has 0 unspecified atom stereocenters. The van der Waals surface area contributed by atoms with Gasteiger partial charge < -0.3 is 11.1 Å². The number of aromatic nitrogens is 1. The summed E-state index contributed by atoms with van der Waals surface area (Å²) in [6.45, 7) is 1.53. The molecule has 84 valence electrons. The van der Waals surface area contributed by atoms with Crippen molar-refractivity contribution < 1.29 is 0 Å². The van der Waals surface area contributed by atoms with Gasteiger partial charge in [0.2, 0.25) is 0 Å². The molecule has 0 radical (unpaired) electrons. The van der Waals surface area contributed by atoms with Crippen LogP contribution in [0.25, 0.3) is 0 Å². The molecule has 0 fully saturated rings. The summed E-state index contributed by atoms with van der Waals surface area (Å²) in [7, 11) is 0. The number of thiazole rings is 1. The smallest absolute Gasteiger partial charge is 0.0795 e. The lowest BCUT2D eigenvalue weighted by molar-refractivity contribution is 0.683. The molecule has 2 rings (SSSR count). The summed E-state index contributed by atoms with van der Waals surface area (Å²) in [6.07, 6.45) is 0. The van der Waals surface area contributed by atoms with E-state index in [-0.39, 0.29) is 0 Å². The molecular weight excluding hydrogens is 242 g/mol. The van der Waals surface area contributed by atoms with E-state index in [1.165, 1.54) is 0 Å². The zero-order chi connectivity index (χ0) is 11.4. The fourth-order valence-corrected chi connectivity index (χ4v) is 2.04. The van der Waals surface area contributed by atoms with Crippen LogP contribution < -0.4 is 11.1 Å². The average Bonchev–Trinajstić information content (AvgIpc) is 2.76. The normalized spacial score (nSPS) is 10.6. The van der Waals surface area contributed by atoms with Gasteiger partial charge in [0.25, 0.3) is 0 Å². The van der Waals surface area contributed by atoms with Gasteiger partial charge in [0.1, 0.15) is 0 Å². The van der Waals surface area contributed by atoms with E-state index in [2.05, 4.69) is 10.3 Å². The van der Waals surface area contributed by atoms with Crippen molar-refractivity contribution in [1.82, 2.24) is 10.3 Å². The first-order valence-electron chi connectivity index (χ1n) is 4.87. The Balaban J connectivity index is 1.87. The quantitative estimate of drug-likeness (QED) is 0.824. The highest BCUT2D eigenvalue weighted by Gasteiger charge is 1.99. The zero-order valence-electron chi connectivity index (χ0n) is 8.61. The fourth-order valence-electron chi connectivity index (χ4n) is 1.36. The highest BCUT2D eigenvalue weighted by atomic mass is 35.5. The Morgan fingerprint density at radius 2 is 2.25 bits per heavy atom. The van der Waals surface area contributed by atoms with Gasteiger partial charge >= 0.3 is 0 Å². The molecule has 1 aromatic carbocycles. The Labute approximate surface area is 103 Å². The van der Waals surface area contributed by atoms with Crippen molar-refractivity contribution in [3.8, 4) is 0 Å². The van der Waals surface area contributed by atoms with Gasteiger partial charge in [-0.25, -0.2) is 4.98 Å². The van der Waals surface area contributed by atoms with Crippen LogP contribution in [-0.2, 0) is 13.1 Å². The SMILES string of the molecule is Nc1cc(CNCc2cscn2)ccc1Cl. The number of halogens is 1. The highest BCUT2D eigenvalue weighted by molar-refractivity contribution is 7.07. The molecule has 0 saturated heterocycles. The van der Waals surface area contributed by atoms with Crippen molar-refractivity contribution in [3.63, 3.8) is 0 Å². The Hall–Kier alpha value is -1.10. The van der Waals surface area contributed by atoms with Gasteiger partial charge in [0, 0.05) is 18.5 Å². The maximum absolute atomic E-state index is 5.84. The summed E-state index contributed by atoms with van der Waals surface area (Å²) in [5.74, 6) is 0. The van der Waals surface area contributed by atoms with Crippen LogP contribution in [0, 0.1) is 0 Å². The van der Waals surface area contributed by atoms with Gasteiger partial charge in [-0.05, 0) is 17.7 Å². The number of hydrogen-bond donors (Lipinski definition) is 2. The van der Waals surface area contributed by atoms with Crippen molar-refractivity contribution in [2.45, 2.75) is 13.1 Å². The third kappa shape index (κ3) is 2.95. The van der Waals surface area contributed by atoms with E-state index in [1.807, 2.05) is 29.1 Å². The summed E-state index contributed by atoms with van der Waals surface area (Å²) < 4.78 is 0. The molecular formula is C11H12ClN3S. The summed E-state index contributed by atoms with van der Waals surface area (Å²) in [5.41, 5.74) is 10.4. The van der Waals surface area contributed by atoms with E-state index < -0.39 is 0 Å². The molecule has 3 nitrogen and oxygen atoms in total. The van der Waals surface area contributed by atoms with E-state index in [1.54, 1.807) is 11.3 Å². The number of nitrogen functional groups attached to an aromatic ring is 1. The van der Waals surface area contributed by atoms with Crippen molar-refractivity contribution in [2.24, 2.45) is 0 Å². The number of nitrogens with zero attached hydrogens (tertiary/aromatic N) is 1. The van der Waals surface area contributed by atoms with Crippen LogP contribution in [0.4, 0.5) is 5.69 Å². The Kier molecular flexibility index (Phi) is 3.77. The van der Waals surface area contributed by atoms with Gasteiger partial charge in [0.05, 0.1) is 21.9 Å². The second kappa shape index (κ2) is 5.30. The average molecular weight is 254 g/mol. The van der Waals surface area contributed by atoms with Crippen LogP contribution >= 0.6 is 22.9 Å². The zero-order valence-corrected chi connectivity index (χ0v) is 10.2. The fraction of sp³-hybridized carbons (Fsp3) is 0.182. The summed E-state index contributed by atoms with van der Waals surface area (Å²) in [4.78, 5) is 4.19. The van der Waals surface area contributed by atoms with Gasteiger partial charge in [-0.2, -0.15) is 0 Å². The lowest BCUT2D eigenvalue weighted by Gasteiger charge is -2.05. The molecule has 0 aliphatic carbocycles. The van der Waals surface area contributed by atoms with Gasteiger partial charge in [0.15, 0.2) is 0 Å². The number of benzene rings is 1. The van der Waals surface area contributed by atoms with E-state index in [0.717, 1.165) is 24.3 Å². The monoisotopic (exact) mass is 253 g/mol. The largest absolute Gasteiger partial charge is 0.398 e. The Bertz CT molecular complexity index is 456. The van der Waals surface area contributed by atoms with Crippen LogP contribution in [0.1, 0.15) is 11.3 Å². The summed E-state index contributed by atoms with van der Waals surface area (Å²) >= 11 is 7.44. The molecule has 0 spiro atoms. The van der Waals surface area contributed by atoms with Crippen molar-refractivity contribution in [3.05, 3.63) is 45.4 Å². The van der Waals surface area contributed by atoms with Crippen molar-refractivity contribution in [2.75, 3.05) is 5.73 Å². The number of anilines is 1. The lowest BCUT2D eigenvalue weighted by atomic mass is 10.2. The van der Waals surface area contributed by atoms with E-state index >= 15 is 0 Å². The van der Waals surface area contributed by atoms with Crippen molar-refractivity contribution >= 4 is 28.6 Å². The minimum Gasteiger partial charge on any atom is -0.398 e. The molecule has 0 bridgehead atoms. The number of nitrogens with two attached hydrogens (primary N) is 1. The molecule has 0 aliphatic rings. The predicted octanol–water partition coefficient (Wildman–Crippen LogP) is 2.67. The maximum atomic E-state index is 5.84.